The van der Waals surface area contributed by atoms with Gasteiger partial charge in [0.05, 0.1) is 6.42 Å². The molecule has 0 saturated carbocycles. The molecule has 0 heterocycles. The predicted molar refractivity (Wildman–Crippen MR) is 69.1 cm³/mol. The first-order chi connectivity index (χ1) is 9.27. The highest BCUT2D eigenvalue weighted by Crippen LogP contribution is 2.10. The van der Waals surface area contributed by atoms with E-state index >= 15 is 0 Å². The summed E-state index contributed by atoms with van der Waals surface area (Å²) in [5, 5.41) is 11.3. The molecule has 0 aliphatic heterocycles. The lowest BCUT2D eigenvalue weighted by atomic mass is 10.0. The summed E-state index contributed by atoms with van der Waals surface area (Å²) in [6, 6.07) is 1.79. The van der Waals surface area contributed by atoms with Crippen LogP contribution in [0.1, 0.15) is 25.8 Å². The van der Waals surface area contributed by atoms with Gasteiger partial charge in [0.2, 0.25) is 5.91 Å². The molecule has 0 aromatic heterocycles. The van der Waals surface area contributed by atoms with Crippen LogP contribution in [0.4, 0.5) is 8.78 Å². The number of nitrogens with one attached hydrogen (secondary N) is 1. The number of amides is 1. The summed E-state index contributed by atoms with van der Waals surface area (Å²) >= 11 is 0. The number of carbonyl (C=O) groups excluding carboxylic acids is 1. The highest BCUT2D eigenvalue weighted by molar-refractivity contribution is 5.84. The molecule has 0 aliphatic carbocycles. The van der Waals surface area contributed by atoms with Crippen LogP contribution in [-0.4, -0.2) is 23.0 Å². The van der Waals surface area contributed by atoms with Crippen molar-refractivity contribution < 1.29 is 23.5 Å². The van der Waals surface area contributed by atoms with Crippen molar-refractivity contribution in [1.29, 1.82) is 0 Å². The number of carbonyl (C=O) groups is 2. The van der Waals surface area contributed by atoms with Gasteiger partial charge in [0, 0.05) is 6.07 Å². The van der Waals surface area contributed by atoms with Gasteiger partial charge < -0.3 is 10.4 Å². The first-order valence-electron chi connectivity index (χ1n) is 6.25. The molecule has 20 heavy (non-hydrogen) atoms. The number of aliphatic carboxylic acids is 1. The van der Waals surface area contributed by atoms with Gasteiger partial charge in [0.1, 0.15) is 17.7 Å². The van der Waals surface area contributed by atoms with E-state index in [4.69, 9.17) is 5.11 Å². The van der Waals surface area contributed by atoms with Crippen LogP contribution in [0.25, 0.3) is 0 Å². The normalized spacial score (nSPS) is 12.2. The molecule has 0 fully saturated rings. The minimum Gasteiger partial charge on any atom is -0.480 e. The van der Waals surface area contributed by atoms with Crippen molar-refractivity contribution in [2.24, 2.45) is 5.92 Å². The maximum atomic E-state index is 13.0. The van der Waals surface area contributed by atoms with Crippen LogP contribution >= 0.6 is 0 Å². The molecule has 0 radical (unpaired) electrons. The lowest BCUT2D eigenvalue weighted by Gasteiger charge is -2.16. The van der Waals surface area contributed by atoms with Crippen LogP contribution in [0.5, 0.6) is 0 Å². The standard InChI is InChI=1S/C14H17F2NO3/c1-8(2)3-12(14(19)20)17-13(18)6-9-4-10(15)7-11(16)5-9/h4-5,7-8,12H,3,6H2,1-2H3,(H,17,18)(H,19,20)/t12-/m1/s1. The zero-order valence-electron chi connectivity index (χ0n) is 11.3. The SMILES string of the molecule is CC(C)C[C@@H](NC(=O)Cc1cc(F)cc(F)c1)C(=O)O. The summed E-state index contributed by atoms with van der Waals surface area (Å²) in [4.78, 5) is 22.7. The Morgan fingerprint density at radius 3 is 2.20 bits per heavy atom. The second-order valence-electron chi connectivity index (χ2n) is 5.04. The van der Waals surface area contributed by atoms with E-state index in [0.29, 0.717) is 12.5 Å². The van der Waals surface area contributed by atoms with E-state index in [1.807, 2.05) is 13.8 Å². The number of halogens is 2. The third kappa shape index (κ3) is 5.34. The summed E-state index contributed by atoms with van der Waals surface area (Å²) in [5.74, 6) is -3.15. The average Bonchev–Trinajstić information content (AvgIpc) is 2.25. The second kappa shape index (κ2) is 6.98. The quantitative estimate of drug-likeness (QED) is 0.841. The number of hydrogen-bond donors (Lipinski definition) is 2. The number of benzene rings is 1. The van der Waals surface area contributed by atoms with Crippen molar-refractivity contribution in [3.63, 3.8) is 0 Å². The average molecular weight is 285 g/mol. The van der Waals surface area contributed by atoms with Crippen molar-refractivity contribution in [3.8, 4) is 0 Å². The molecule has 4 nitrogen and oxygen atoms in total. The van der Waals surface area contributed by atoms with E-state index in [1.165, 1.54) is 0 Å². The number of carboxylic acids is 1. The van der Waals surface area contributed by atoms with Gasteiger partial charge in [-0.1, -0.05) is 13.8 Å². The molecule has 1 aromatic rings. The van der Waals surface area contributed by atoms with Gasteiger partial charge in [-0.3, -0.25) is 4.79 Å². The Labute approximate surface area is 115 Å². The Kier molecular flexibility index (Phi) is 5.61. The van der Waals surface area contributed by atoms with Gasteiger partial charge in [0.25, 0.3) is 0 Å². The molecule has 1 aromatic carbocycles. The first-order valence-corrected chi connectivity index (χ1v) is 6.25. The highest BCUT2D eigenvalue weighted by Gasteiger charge is 2.21. The molecule has 0 aliphatic rings. The molecule has 1 atom stereocenters. The number of hydrogen-bond acceptors (Lipinski definition) is 2. The minimum absolute atomic E-state index is 0.100. The van der Waals surface area contributed by atoms with Crippen LogP contribution < -0.4 is 5.32 Å². The summed E-state index contributed by atoms with van der Waals surface area (Å²) in [6.45, 7) is 3.67. The minimum atomic E-state index is -1.13. The van der Waals surface area contributed by atoms with Gasteiger partial charge in [-0.25, -0.2) is 13.6 Å². The molecule has 2 N–H and O–H groups in total. The van der Waals surface area contributed by atoms with E-state index in [2.05, 4.69) is 5.32 Å². The molecular weight excluding hydrogens is 268 g/mol. The lowest BCUT2D eigenvalue weighted by molar-refractivity contribution is -0.142. The van der Waals surface area contributed by atoms with Gasteiger partial charge in [-0.15, -0.1) is 0 Å². The summed E-state index contributed by atoms with van der Waals surface area (Å²) in [7, 11) is 0. The fourth-order valence-corrected chi connectivity index (χ4v) is 1.84. The van der Waals surface area contributed by atoms with Crippen LogP contribution in [0.3, 0.4) is 0 Å². The molecular formula is C14H17F2NO3. The van der Waals surface area contributed by atoms with E-state index in [9.17, 15) is 18.4 Å². The summed E-state index contributed by atoms with van der Waals surface area (Å²) < 4.78 is 26.0. The molecule has 1 amide bonds. The molecule has 0 unspecified atom stereocenters. The zero-order valence-corrected chi connectivity index (χ0v) is 11.3. The fraction of sp³-hybridized carbons (Fsp3) is 0.429. The van der Waals surface area contributed by atoms with E-state index in [0.717, 1.165) is 12.1 Å². The van der Waals surface area contributed by atoms with E-state index in [-0.39, 0.29) is 17.9 Å². The van der Waals surface area contributed by atoms with Crippen LogP contribution in [0.2, 0.25) is 0 Å². The Morgan fingerprint density at radius 2 is 1.75 bits per heavy atom. The number of carboxylic acid groups (broad SMARTS) is 1. The fourth-order valence-electron chi connectivity index (χ4n) is 1.84. The monoisotopic (exact) mass is 285 g/mol. The van der Waals surface area contributed by atoms with Crippen molar-refractivity contribution >= 4 is 11.9 Å². The smallest absolute Gasteiger partial charge is 0.326 e. The Balaban J connectivity index is 2.68. The van der Waals surface area contributed by atoms with E-state index in [1.54, 1.807) is 0 Å². The maximum Gasteiger partial charge on any atom is 0.326 e. The van der Waals surface area contributed by atoms with Gasteiger partial charge in [-0.05, 0) is 30.0 Å². The Bertz CT molecular complexity index is 483. The number of rotatable bonds is 6. The Morgan fingerprint density at radius 1 is 1.20 bits per heavy atom. The predicted octanol–water partition coefficient (Wildman–Crippen LogP) is 2.12. The topological polar surface area (TPSA) is 66.4 Å². The van der Waals surface area contributed by atoms with Crippen molar-refractivity contribution in [2.45, 2.75) is 32.7 Å². The first kappa shape index (κ1) is 16.1. The largest absolute Gasteiger partial charge is 0.480 e. The van der Waals surface area contributed by atoms with Crippen LogP contribution in [0, 0.1) is 17.6 Å². The van der Waals surface area contributed by atoms with Crippen LogP contribution in [0.15, 0.2) is 18.2 Å². The Hall–Kier alpha value is -1.98. The van der Waals surface area contributed by atoms with Gasteiger partial charge in [0.15, 0.2) is 0 Å². The molecule has 1 rings (SSSR count). The van der Waals surface area contributed by atoms with Crippen molar-refractivity contribution in [1.82, 2.24) is 5.32 Å². The van der Waals surface area contributed by atoms with Gasteiger partial charge in [-0.2, -0.15) is 0 Å². The molecule has 0 bridgehead atoms. The van der Waals surface area contributed by atoms with E-state index < -0.39 is 29.6 Å². The molecule has 6 heteroatoms. The van der Waals surface area contributed by atoms with Crippen molar-refractivity contribution in [2.75, 3.05) is 0 Å². The van der Waals surface area contributed by atoms with Crippen LogP contribution in [-0.2, 0) is 16.0 Å². The second-order valence-corrected chi connectivity index (χ2v) is 5.04. The zero-order chi connectivity index (χ0) is 15.3. The van der Waals surface area contributed by atoms with Gasteiger partial charge >= 0.3 is 5.97 Å². The lowest BCUT2D eigenvalue weighted by Crippen LogP contribution is -2.42. The molecule has 0 spiro atoms. The maximum absolute atomic E-state index is 13.0. The van der Waals surface area contributed by atoms with Crippen molar-refractivity contribution in [3.05, 3.63) is 35.4 Å². The molecule has 0 saturated heterocycles. The third-order valence-corrected chi connectivity index (χ3v) is 2.63. The highest BCUT2D eigenvalue weighted by atomic mass is 19.1. The summed E-state index contributed by atoms with van der Waals surface area (Å²) in [6.07, 6.45) is 0.0230. The molecule has 110 valence electrons. The third-order valence-electron chi connectivity index (χ3n) is 2.63. The summed E-state index contributed by atoms with van der Waals surface area (Å²) in [5.41, 5.74) is 0.161.